The maximum atomic E-state index is 13.1. The first-order valence-corrected chi connectivity index (χ1v) is 8.38. The van der Waals surface area contributed by atoms with E-state index in [1.165, 1.54) is 12.1 Å². The van der Waals surface area contributed by atoms with Crippen LogP contribution in [0.4, 0.5) is 4.39 Å². The summed E-state index contributed by atoms with van der Waals surface area (Å²) in [7, 11) is 0. The molecule has 1 aliphatic rings. The summed E-state index contributed by atoms with van der Waals surface area (Å²) in [5.74, 6) is -0.193. The predicted octanol–water partition coefficient (Wildman–Crippen LogP) is 3.58. The fourth-order valence-corrected chi connectivity index (χ4v) is 2.98. The van der Waals surface area contributed by atoms with E-state index in [1.54, 1.807) is 12.1 Å². The summed E-state index contributed by atoms with van der Waals surface area (Å²) < 4.78 is 18.8. The molecule has 126 valence electrons. The zero-order valence-corrected chi connectivity index (χ0v) is 13.7. The van der Waals surface area contributed by atoms with Crippen molar-refractivity contribution in [1.82, 2.24) is 4.90 Å². The first-order valence-electron chi connectivity index (χ1n) is 8.38. The van der Waals surface area contributed by atoms with Gasteiger partial charge < -0.3 is 9.64 Å². The van der Waals surface area contributed by atoms with E-state index in [0.717, 1.165) is 30.6 Å². The Labute approximate surface area is 142 Å². The Kier molecular flexibility index (Phi) is 5.59. The number of benzene rings is 2. The van der Waals surface area contributed by atoms with Gasteiger partial charge in [0.15, 0.2) is 0 Å². The van der Waals surface area contributed by atoms with Gasteiger partial charge in [-0.05, 0) is 36.1 Å². The van der Waals surface area contributed by atoms with Gasteiger partial charge in [0.05, 0.1) is 12.5 Å². The highest BCUT2D eigenvalue weighted by Crippen LogP contribution is 2.16. The molecule has 0 aromatic heterocycles. The van der Waals surface area contributed by atoms with Gasteiger partial charge in [0.2, 0.25) is 5.91 Å². The van der Waals surface area contributed by atoms with Crippen LogP contribution in [0.1, 0.15) is 24.0 Å². The Morgan fingerprint density at radius 2 is 1.83 bits per heavy atom. The second kappa shape index (κ2) is 8.06. The third kappa shape index (κ3) is 4.65. The fraction of sp³-hybridized carbons (Fsp3) is 0.350. The molecular formula is C20H22FNO2. The van der Waals surface area contributed by atoms with Gasteiger partial charge in [0.1, 0.15) is 5.82 Å². The molecule has 4 heteroatoms. The zero-order valence-electron chi connectivity index (χ0n) is 13.7. The summed E-state index contributed by atoms with van der Waals surface area (Å²) in [6.45, 7) is 1.83. The van der Waals surface area contributed by atoms with Crippen LogP contribution in [0.25, 0.3) is 0 Å². The molecule has 1 unspecified atom stereocenters. The van der Waals surface area contributed by atoms with Crippen LogP contribution < -0.4 is 0 Å². The predicted molar refractivity (Wildman–Crippen MR) is 90.9 cm³/mol. The smallest absolute Gasteiger partial charge is 0.227 e. The number of amides is 1. The molecule has 2 aromatic carbocycles. The van der Waals surface area contributed by atoms with Crippen molar-refractivity contribution in [2.45, 2.75) is 31.9 Å². The standard InChI is InChI=1S/C20H22FNO2/c21-18-10-8-17(9-11-18)14-22(15-19-7-4-12-24-19)20(23)13-16-5-2-1-3-6-16/h1-3,5-6,8-11,19H,4,7,12-15H2. The summed E-state index contributed by atoms with van der Waals surface area (Å²) in [5.41, 5.74) is 1.93. The Bertz CT molecular complexity index is 651. The van der Waals surface area contributed by atoms with Crippen molar-refractivity contribution < 1.29 is 13.9 Å². The van der Waals surface area contributed by atoms with E-state index in [-0.39, 0.29) is 17.8 Å². The average molecular weight is 327 g/mol. The largest absolute Gasteiger partial charge is 0.376 e. The fourth-order valence-electron chi connectivity index (χ4n) is 2.98. The van der Waals surface area contributed by atoms with E-state index in [9.17, 15) is 9.18 Å². The van der Waals surface area contributed by atoms with Crippen molar-refractivity contribution in [2.24, 2.45) is 0 Å². The molecule has 0 aliphatic carbocycles. The van der Waals surface area contributed by atoms with Gasteiger partial charge in [-0.1, -0.05) is 42.5 Å². The van der Waals surface area contributed by atoms with Gasteiger partial charge in [-0.25, -0.2) is 4.39 Å². The van der Waals surface area contributed by atoms with Gasteiger partial charge >= 0.3 is 0 Å². The van der Waals surface area contributed by atoms with Crippen molar-refractivity contribution in [2.75, 3.05) is 13.2 Å². The molecule has 1 amide bonds. The Morgan fingerprint density at radius 1 is 1.08 bits per heavy atom. The Hall–Kier alpha value is -2.20. The molecule has 0 spiro atoms. The molecule has 0 bridgehead atoms. The number of carbonyl (C=O) groups is 1. The lowest BCUT2D eigenvalue weighted by Crippen LogP contribution is -2.37. The summed E-state index contributed by atoms with van der Waals surface area (Å²) in [6, 6.07) is 16.1. The Morgan fingerprint density at radius 3 is 2.50 bits per heavy atom. The molecule has 24 heavy (non-hydrogen) atoms. The van der Waals surface area contributed by atoms with E-state index in [0.29, 0.717) is 19.5 Å². The highest BCUT2D eigenvalue weighted by atomic mass is 19.1. The molecule has 3 nitrogen and oxygen atoms in total. The van der Waals surface area contributed by atoms with Crippen molar-refractivity contribution in [3.63, 3.8) is 0 Å². The van der Waals surface area contributed by atoms with Gasteiger partial charge in [-0.15, -0.1) is 0 Å². The molecule has 3 rings (SSSR count). The minimum atomic E-state index is -0.264. The van der Waals surface area contributed by atoms with Crippen LogP contribution in [0, 0.1) is 5.82 Å². The minimum absolute atomic E-state index is 0.0704. The average Bonchev–Trinajstić information content (AvgIpc) is 3.10. The topological polar surface area (TPSA) is 29.5 Å². The molecule has 1 fully saturated rings. The molecule has 0 saturated carbocycles. The third-order valence-electron chi connectivity index (χ3n) is 4.29. The van der Waals surface area contributed by atoms with Crippen LogP contribution >= 0.6 is 0 Å². The van der Waals surface area contributed by atoms with Crippen LogP contribution in [-0.2, 0) is 22.5 Å². The lowest BCUT2D eigenvalue weighted by Gasteiger charge is -2.26. The lowest BCUT2D eigenvalue weighted by atomic mass is 10.1. The SMILES string of the molecule is O=C(Cc1ccccc1)N(Cc1ccc(F)cc1)CC1CCCO1. The van der Waals surface area contributed by atoms with E-state index < -0.39 is 0 Å². The van der Waals surface area contributed by atoms with E-state index >= 15 is 0 Å². The third-order valence-corrected chi connectivity index (χ3v) is 4.29. The number of nitrogens with zero attached hydrogens (tertiary/aromatic N) is 1. The van der Waals surface area contributed by atoms with Crippen molar-refractivity contribution >= 4 is 5.91 Å². The molecule has 0 N–H and O–H groups in total. The second-order valence-electron chi connectivity index (χ2n) is 6.20. The highest BCUT2D eigenvalue weighted by Gasteiger charge is 2.22. The normalized spacial score (nSPS) is 17.0. The number of ether oxygens (including phenoxy) is 1. The first kappa shape index (κ1) is 16.7. The lowest BCUT2D eigenvalue weighted by molar-refractivity contribution is -0.132. The van der Waals surface area contributed by atoms with Gasteiger partial charge in [-0.2, -0.15) is 0 Å². The van der Waals surface area contributed by atoms with Gasteiger partial charge in [0.25, 0.3) is 0 Å². The summed E-state index contributed by atoms with van der Waals surface area (Å²) in [6.07, 6.45) is 2.50. The summed E-state index contributed by atoms with van der Waals surface area (Å²) >= 11 is 0. The quantitative estimate of drug-likeness (QED) is 0.812. The number of hydrogen-bond acceptors (Lipinski definition) is 2. The van der Waals surface area contributed by atoms with Crippen molar-refractivity contribution in [1.29, 1.82) is 0 Å². The molecule has 1 aliphatic heterocycles. The van der Waals surface area contributed by atoms with Crippen LogP contribution in [0.5, 0.6) is 0 Å². The summed E-state index contributed by atoms with van der Waals surface area (Å²) in [5, 5.41) is 0. The van der Waals surface area contributed by atoms with Crippen molar-refractivity contribution in [3.05, 3.63) is 71.5 Å². The number of hydrogen-bond donors (Lipinski definition) is 0. The zero-order chi connectivity index (χ0) is 16.8. The molecule has 1 saturated heterocycles. The molecule has 0 radical (unpaired) electrons. The van der Waals surface area contributed by atoms with Gasteiger partial charge in [-0.3, -0.25) is 4.79 Å². The van der Waals surface area contributed by atoms with Crippen LogP contribution in [0.15, 0.2) is 54.6 Å². The van der Waals surface area contributed by atoms with E-state index in [1.807, 2.05) is 35.2 Å². The highest BCUT2D eigenvalue weighted by molar-refractivity contribution is 5.78. The van der Waals surface area contributed by atoms with Crippen molar-refractivity contribution in [3.8, 4) is 0 Å². The first-order chi connectivity index (χ1) is 11.7. The van der Waals surface area contributed by atoms with Crippen LogP contribution in [0.2, 0.25) is 0 Å². The molecule has 2 aromatic rings. The van der Waals surface area contributed by atoms with Crippen LogP contribution in [-0.4, -0.2) is 30.1 Å². The maximum Gasteiger partial charge on any atom is 0.227 e. The Balaban J connectivity index is 1.70. The monoisotopic (exact) mass is 327 g/mol. The minimum Gasteiger partial charge on any atom is -0.376 e. The molecule has 1 atom stereocenters. The maximum absolute atomic E-state index is 13.1. The van der Waals surface area contributed by atoms with E-state index in [2.05, 4.69) is 0 Å². The number of halogens is 1. The van der Waals surface area contributed by atoms with Gasteiger partial charge in [0, 0.05) is 19.7 Å². The van der Waals surface area contributed by atoms with Crippen LogP contribution in [0.3, 0.4) is 0 Å². The second-order valence-corrected chi connectivity index (χ2v) is 6.20. The summed E-state index contributed by atoms with van der Waals surface area (Å²) in [4.78, 5) is 14.6. The number of carbonyl (C=O) groups excluding carboxylic acids is 1. The molecule has 1 heterocycles. The van der Waals surface area contributed by atoms with E-state index in [4.69, 9.17) is 4.74 Å². The number of rotatable bonds is 6. The molecular weight excluding hydrogens is 305 g/mol.